The molecule has 0 radical (unpaired) electrons. The molecule has 0 atom stereocenters. The first-order valence-corrected chi connectivity index (χ1v) is 7.11. The van der Waals surface area contributed by atoms with Crippen molar-refractivity contribution in [2.45, 2.75) is 6.42 Å². The molecule has 2 aromatic rings. The zero-order valence-corrected chi connectivity index (χ0v) is 12.5. The summed E-state index contributed by atoms with van der Waals surface area (Å²) in [7, 11) is 2.87. The number of nitrogens with one attached hydrogen (secondary N) is 1. The highest BCUT2D eigenvalue weighted by Crippen LogP contribution is 2.25. The third kappa shape index (κ3) is 3.61. The van der Waals surface area contributed by atoms with Crippen LogP contribution in [-0.2, 0) is 16.0 Å². The summed E-state index contributed by atoms with van der Waals surface area (Å²) in [6.07, 6.45) is 0.169. The van der Waals surface area contributed by atoms with Gasteiger partial charge in [0.15, 0.2) is 0 Å². The average Bonchev–Trinajstić information content (AvgIpc) is 2.95. The van der Waals surface area contributed by atoms with Crippen molar-refractivity contribution in [3.05, 3.63) is 46.8 Å². The van der Waals surface area contributed by atoms with Crippen molar-refractivity contribution in [2.24, 2.45) is 0 Å². The maximum Gasteiger partial charge on any atom is 0.340 e. The molecule has 0 aliphatic rings. The summed E-state index contributed by atoms with van der Waals surface area (Å²) in [4.78, 5) is 23.6. The Morgan fingerprint density at radius 2 is 1.95 bits per heavy atom. The first kappa shape index (κ1) is 15.1. The number of methoxy groups -OCH3 is 2. The number of anilines is 1. The molecule has 1 aromatic carbocycles. The molecule has 0 aliphatic heterocycles. The van der Waals surface area contributed by atoms with E-state index in [1.54, 1.807) is 24.6 Å². The lowest BCUT2D eigenvalue weighted by Crippen LogP contribution is -2.16. The normalized spacial score (nSPS) is 10.0. The Morgan fingerprint density at radius 1 is 1.19 bits per heavy atom. The molecule has 0 unspecified atom stereocenters. The molecule has 5 nitrogen and oxygen atoms in total. The Labute approximate surface area is 126 Å². The van der Waals surface area contributed by atoms with Gasteiger partial charge in [0.2, 0.25) is 5.91 Å². The fourth-order valence-corrected chi connectivity index (χ4v) is 2.66. The SMILES string of the molecule is COC(=O)c1ccsc1NC(=O)Cc1ccccc1OC. The number of para-hydroxylation sites is 1. The predicted octanol–water partition coefficient (Wildman–Crippen LogP) is 2.72. The molecule has 1 aromatic heterocycles. The summed E-state index contributed by atoms with van der Waals surface area (Å²) in [6.45, 7) is 0. The topological polar surface area (TPSA) is 64.6 Å². The van der Waals surface area contributed by atoms with Gasteiger partial charge in [-0.2, -0.15) is 0 Å². The van der Waals surface area contributed by atoms with Crippen LogP contribution in [0.5, 0.6) is 5.75 Å². The van der Waals surface area contributed by atoms with Crippen molar-refractivity contribution in [3.63, 3.8) is 0 Å². The van der Waals surface area contributed by atoms with Crippen molar-refractivity contribution in [3.8, 4) is 5.75 Å². The highest BCUT2D eigenvalue weighted by Gasteiger charge is 2.16. The molecule has 0 aliphatic carbocycles. The van der Waals surface area contributed by atoms with Gasteiger partial charge in [0.25, 0.3) is 0 Å². The molecule has 1 heterocycles. The number of thiophene rings is 1. The van der Waals surface area contributed by atoms with E-state index < -0.39 is 5.97 Å². The van der Waals surface area contributed by atoms with Crippen LogP contribution >= 0.6 is 11.3 Å². The number of rotatable bonds is 5. The van der Waals surface area contributed by atoms with Gasteiger partial charge in [-0.1, -0.05) is 18.2 Å². The maximum absolute atomic E-state index is 12.1. The lowest BCUT2D eigenvalue weighted by atomic mass is 10.1. The highest BCUT2D eigenvalue weighted by atomic mass is 32.1. The van der Waals surface area contributed by atoms with Crippen LogP contribution in [0, 0.1) is 0 Å². The lowest BCUT2D eigenvalue weighted by molar-refractivity contribution is -0.115. The Morgan fingerprint density at radius 3 is 2.67 bits per heavy atom. The number of ether oxygens (including phenoxy) is 2. The van der Waals surface area contributed by atoms with Gasteiger partial charge in [-0.15, -0.1) is 11.3 Å². The highest BCUT2D eigenvalue weighted by molar-refractivity contribution is 7.14. The minimum atomic E-state index is -0.469. The lowest BCUT2D eigenvalue weighted by Gasteiger charge is -2.08. The van der Waals surface area contributed by atoms with Gasteiger partial charge in [0.1, 0.15) is 10.8 Å². The van der Waals surface area contributed by atoms with Gasteiger partial charge in [0, 0.05) is 5.56 Å². The molecule has 0 fully saturated rings. The minimum Gasteiger partial charge on any atom is -0.496 e. The van der Waals surface area contributed by atoms with E-state index in [1.807, 2.05) is 18.2 Å². The standard InChI is InChI=1S/C15H15NO4S/c1-19-12-6-4-3-5-10(12)9-13(17)16-14-11(7-8-21-14)15(18)20-2/h3-8H,9H2,1-2H3,(H,16,17). The first-order chi connectivity index (χ1) is 10.2. The molecule has 0 spiro atoms. The van der Waals surface area contributed by atoms with Crippen LogP contribution in [-0.4, -0.2) is 26.1 Å². The van der Waals surface area contributed by atoms with E-state index in [-0.39, 0.29) is 12.3 Å². The second-order valence-corrected chi connectivity index (χ2v) is 5.11. The number of esters is 1. The van der Waals surface area contributed by atoms with E-state index in [2.05, 4.69) is 10.1 Å². The fourth-order valence-electron chi connectivity index (χ4n) is 1.87. The van der Waals surface area contributed by atoms with Crippen LogP contribution < -0.4 is 10.1 Å². The van der Waals surface area contributed by atoms with Crippen molar-refractivity contribution in [2.75, 3.05) is 19.5 Å². The monoisotopic (exact) mass is 305 g/mol. The van der Waals surface area contributed by atoms with E-state index in [0.29, 0.717) is 16.3 Å². The van der Waals surface area contributed by atoms with E-state index in [9.17, 15) is 9.59 Å². The summed E-state index contributed by atoms with van der Waals surface area (Å²) < 4.78 is 9.88. The molecule has 2 rings (SSSR count). The van der Waals surface area contributed by atoms with Crippen molar-refractivity contribution in [1.29, 1.82) is 0 Å². The zero-order valence-electron chi connectivity index (χ0n) is 11.7. The number of hydrogen-bond acceptors (Lipinski definition) is 5. The minimum absolute atomic E-state index is 0.169. The molecule has 0 saturated carbocycles. The van der Waals surface area contributed by atoms with Crippen molar-refractivity contribution >= 4 is 28.2 Å². The van der Waals surface area contributed by atoms with Crippen LogP contribution in [0.2, 0.25) is 0 Å². The number of carbonyl (C=O) groups excluding carboxylic acids is 2. The number of hydrogen-bond donors (Lipinski definition) is 1. The summed E-state index contributed by atoms with van der Waals surface area (Å²) in [5, 5.41) is 4.94. The van der Waals surface area contributed by atoms with E-state index in [0.717, 1.165) is 5.56 Å². The Balaban J connectivity index is 2.09. The summed E-state index contributed by atoms with van der Waals surface area (Å²) in [5.41, 5.74) is 1.14. The maximum atomic E-state index is 12.1. The van der Waals surface area contributed by atoms with E-state index in [1.165, 1.54) is 18.4 Å². The zero-order chi connectivity index (χ0) is 15.2. The van der Waals surface area contributed by atoms with E-state index >= 15 is 0 Å². The van der Waals surface area contributed by atoms with E-state index in [4.69, 9.17) is 4.74 Å². The smallest absolute Gasteiger partial charge is 0.340 e. The van der Waals surface area contributed by atoms with Gasteiger partial charge in [-0.3, -0.25) is 4.79 Å². The van der Waals surface area contributed by atoms with Crippen LogP contribution in [0.1, 0.15) is 15.9 Å². The van der Waals surface area contributed by atoms with Gasteiger partial charge < -0.3 is 14.8 Å². The first-order valence-electron chi connectivity index (χ1n) is 6.23. The Hall–Kier alpha value is -2.34. The second kappa shape index (κ2) is 6.90. The summed E-state index contributed by atoms with van der Waals surface area (Å²) in [6, 6.07) is 8.93. The third-order valence-electron chi connectivity index (χ3n) is 2.87. The quantitative estimate of drug-likeness (QED) is 0.863. The van der Waals surface area contributed by atoms with Gasteiger partial charge in [-0.05, 0) is 17.5 Å². The molecule has 0 saturated heterocycles. The average molecular weight is 305 g/mol. The molecular weight excluding hydrogens is 290 g/mol. The molecule has 1 N–H and O–H groups in total. The number of carbonyl (C=O) groups is 2. The van der Waals surface area contributed by atoms with Crippen molar-refractivity contribution < 1.29 is 19.1 Å². The fraction of sp³-hybridized carbons (Fsp3) is 0.200. The van der Waals surface area contributed by atoms with Crippen LogP contribution in [0.15, 0.2) is 35.7 Å². The number of benzene rings is 1. The molecule has 21 heavy (non-hydrogen) atoms. The summed E-state index contributed by atoms with van der Waals surface area (Å²) in [5.74, 6) is -0.0250. The predicted molar refractivity (Wildman–Crippen MR) is 81.0 cm³/mol. The van der Waals surface area contributed by atoms with Crippen LogP contribution in [0.4, 0.5) is 5.00 Å². The molecule has 1 amide bonds. The van der Waals surface area contributed by atoms with Crippen molar-refractivity contribution in [1.82, 2.24) is 0 Å². The third-order valence-corrected chi connectivity index (χ3v) is 3.70. The second-order valence-electron chi connectivity index (χ2n) is 4.19. The van der Waals surface area contributed by atoms with Gasteiger partial charge in [-0.25, -0.2) is 4.79 Å². The molecule has 6 heteroatoms. The van der Waals surface area contributed by atoms with Gasteiger partial charge in [0.05, 0.1) is 26.2 Å². The number of amides is 1. The summed E-state index contributed by atoms with van der Waals surface area (Å²) >= 11 is 1.28. The molecule has 0 bridgehead atoms. The molecular formula is C15H15NO4S. The van der Waals surface area contributed by atoms with Crippen LogP contribution in [0.3, 0.4) is 0 Å². The van der Waals surface area contributed by atoms with Gasteiger partial charge >= 0.3 is 5.97 Å². The largest absolute Gasteiger partial charge is 0.496 e. The Kier molecular flexibility index (Phi) is 4.94. The Bertz CT molecular complexity index is 651. The molecule has 110 valence electrons. The van der Waals surface area contributed by atoms with Crippen LogP contribution in [0.25, 0.3) is 0 Å².